The van der Waals surface area contributed by atoms with Crippen LogP contribution in [0.5, 0.6) is 0 Å². The maximum Gasteiger partial charge on any atom is 0.232 e. The Bertz CT molecular complexity index is 1780. The second-order valence-electron chi connectivity index (χ2n) is 12.0. The number of piperazine rings is 1. The summed E-state index contributed by atoms with van der Waals surface area (Å²) < 4.78 is 41.9. The fourth-order valence-corrected chi connectivity index (χ4v) is 7.67. The predicted molar refractivity (Wildman–Crippen MR) is 173 cm³/mol. The fraction of sp³-hybridized carbons (Fsp3) is 0.419. The van der Waals surface area contributed by atoms with Gasteiger partial charge in [0.05, 0.1) is 28.7 Å². The molecule has 0 amide bonds. The third-order valence-electron chi connectivity index (χ3n) is 9.09. The summed E-state index contributed by atoms with van der Waals surface area (Å²) in [7, 11) is -1.26. The molecule has 3 aliphatic rings. The number of anilines is 6. The van der Waals surface area contributed by atoms with Crippen molar-refractivity contribution in [1.82, 2.24) is 24.8 Å². The first kappa shape index (κ1) is 28.8. The molecule has 44 heavy (non-hydrogen) atoms. The average Bonchev–Trinajstić information content (AvgIpc) is 3.66. The van der Waals surface area contributed by atoms with Gasteiger partial charge in [-0.25, -0.2) is 12.8 Å². The van der Waals surface area contributed by atoms with Crippen LogP contribution in [0, 0.1) is 5.82 Å². The quantitative estimate of drug-likeness (QED) is 0.281. The predicted octanol–water partition coefficient (Wildman–Crippen LogP) is 4.12. The lowest BCUT2D eigenvalue weighted by Crippen LogP contribution is -2.52. The highest BCUT2D eigenvalue weighted by molar-refractivity contribution is 7.92. The van der Waals surface area contributed by atoms with E-state index < -0.39 is 10.0 Å². The van der Waals surface area contributed by atoms with E-state index >= 15 is 4.39 Å². The van der Waals surface area contributed by atoms with Crippen molar-refractivity contribution in [3.05, 3.63) is 60.0 Å². The maximum atomic E-state index is 15.5. The number of nitrogens with zero attached hydrogens (tertiary/aromatic N) is 6. The van der Waals surface area contributed by atoms with Crippen LogP contribution >= 0.6 is 0 Å². The minimum atomic E-state index is -3.44. The number of aromatic nitrogens is 3. The Balaban J connectivity index is 1.08. The third-order valence-corrected chi connectivity index (χ3v) is 10.3. The number of piperidine rings is 1. The molecule has 0 bridgehead atoms. The van der Waals surface area contributed by atoms with Crippen molar-refractivity contribution in [3.8, 4) is 0 Å². The number of fused-ring (bicyclic) bond motifs is 2. The second kappa shape index (κ2) is 11.5. The monoisotopic (exact) mass is 619 g/mol. The molecule has 3 N–H and O–H groups in total. The van der Waals surface area contributed by atoms with Gasteiger partial charge in [0.1, 0.15) is 17.3 Å². The zero-order valence-corrected chi connectivity index (χ0v) is 25.9. The molecule has 0 radical (unpaired) electrons. The Kier molecular flexibility index (Phi) is 7.55. The van der Waals surface area contributed by atoms with Crippen molar-refractivity contribution < 1.29 is 12.8 Å². The summed E-state index contributed by atoms with van der Waals surface area (Å²) in [6.45, 7) is 6.50. The molecular weight excluding hydrogens is 581 g/mol. The van der Waals surface area contributed by atoms with Crippen molar-refractivity contribution in [1.29, 1.82) is 0 Å². The molecule has 2 saturated heterocycles. The van der Waals surface area contributed by atoms with E-state index in [1.165, 1.54) is 16.6 Å². The summed E-state index contributed by atoms with van der Waals surface area (Å²) >= 11 is 0. The summed E-state index contributed by atoms with van der Waals surface area (Å²) in [6, 6.07) is 13.3. The first-order valence-corrected chi connectivity index (χ1v) is 17.0. The first-order chi connectivity index (χ1) is 21.2. The molecule has 0 unspecified atom stereocenters. The summed E-state index contributed by atoms with van der Waals surface area (Å²) in [5.41, 5.74) is 3.99. The number of para-hydroxylation sites is 1. The van der Waals surface area contributed by atoms with Gasteiger partial charge in [-0.1, -0.05) is 12.1 Å². The van der Waals surface area contributed by atoms with Gasteiger partial charge in [0, 0.05) is 63.7 Å². The standard InChI is InChI=1S/C31H38FN9O2S/c1-38-16-18-39(19-17-38)23-10-13-40(14-11-23)27-7-6-22(20-25(27)32)34-31-36-29-24(8-12-33-29)30(37-31)35-26-5-3-4-21-9-15-41(28(21)26)44(2,42)43/h3-8,12,20,23H,9-11,13-19H2,1-2H3,(H3,33,34,35,36,37). The number of H-pyrrole nitrogens is 1. The van der Waals surface area contributed by atoms with Gasteiger partial charge in [-0.05, 0) is 62.2 Å². The zero-order chi connectivity index (χ0) is 30.4. The Morgan fingerprint density at radius 1 is 0.955 bits per heavy atom. The SMILES string of the molecule is CN1CCN(C2CCN(c3ccc(Nc4nc(Nc5cccc6c5N(S(C)(=O)=O)CC6)c5cc[nH]c5n4)cc3F)CC2)CC1. The Morgan fingerprint density at radius 3 is 2.50 bits per heavy atom. The zero-order valence-electron chi connectivity index (χ0n) is 25.1. The van der Waals surface area contributed by atoms with Crippen LogP contribution in [0.15, 0.2) is 48.7 Å². The lowest BCUT2D eigenvalue weighted by atomic mass is 10.0. The van der Waals surface area contributed by atoms with Crippen molar-refractivity contribution in [2.24, 2.45) is 0 Å². The van der Waals surface area contributed by atoms with Gasteiger partial charge in [0.2, 0.25) is 16.0 Å². The highest BCUT2D eigenvalue weighted by Crippen LogP contribution is 2.39. The molecule has 0 saturated carbocycles. The molecule has 2 aromatic heterocycles. The van der Waals surface area contributed by atoms with Gasteiger partial charge in [-0.15, -0.1) is 0 Å². The number of sulfonamides is 1. The van der Waals surface area contributed by atoms with Gasteiger partial charge >= 0.3 is 0 Å². The molecular formula is C31H38FN9O2S. The number of rotatable bonds is 7. The molecule has 11 nitrogen and oxygen atoms in total. The Hall–Kier alpha value is -3.94. The number of aromatic amines is 1. The van der Waals surface area contributed by atoms with Crippen LogP contribution in [0.3, 0.4) is 0 Å². The number of likely N-dealkylation sites (N-methyl/N-ethyl adjacent to an activating group) is 1. The number of hydrogen-bond acceptors (Lipinski definition) is 9. The molecule has 3 aliphatic heterocycles. The second-order valence-corrected chi connectivity index (χ2v) is 13.9. The normalized spacial score (nSPS) is 18.6. The highest BCUT2D eigenvalue weighted by Gasteiger charge is 2.30. The molecule has 0 atom stereocenters. The third kappa shape index (κ3) is 5.66. The molecule has 0 spiro atoms. The van der Waals surface area contributed by atoms with Gasteiger partial charge < -0.3 is 25.4 Å². The van der Waals surface area contributed by atoms with Crippen LogP contribution in [0.4, 0.5) is 38.9 Å². The summed E-state index contributed by atoms with van der Waals surface area (Å²) in [5, 5.41) is 7.26. The van der Waals surface area contributed by atoms with Crippen LogP contribution in [0.2, 0.25) is 0 Å². The summed E-state index contributed by atoms with van der Waals surface area (Å²) in [4.78, 5) is 19.5. The number of nitrogens with one attached hydrogen (secondary N) is 3. The van der Waals surface area contributed by atoms with E-state index in [1.807, 2.05) is 36.4 Å². The van der Waals surface area contributed by atoms with E-state index in [4.69, 9.17) is 4.98 Å². The molecule has 5 heterocycles. The maximum absolute atomic E-state index is 15.5. The fourth-order valence-electron chi connectivity index (χ4n) is 6.70. The molecule has 2 aromatic carbocycles. The van der Waals surface area contributed by atoms with E-state index in [0.717, 1.165) is 63.1 Å². The molecule has 2 fully saturated rings. The van der Waals surface area contributed by atoms with Crippen LogP contribution in [-0.4, -0.2) is 98.3 Å². The highest BCUT2D eigenvalue weighted by atomic mass is 32.2. The van der Waals surface area contributed by atoms with Crippen LogP contribution < -0.4 is 19.8 Å². The lowest BCUT2D eigenvalue weighted by Gasteiger charge is -2.42. The Morgan fingerprint density at radius 2 is 1.75 bits per heavy atom. The van der Waals surface area contributed by atoms with Crippen molar-refractivity contribution >= 4 is 55.6 Å². The Labute approximate surface area is 257 Å². The van der Waals surface area contributed by atoms with Gasteiger partial charge in [0.15, 0.2) is 0 Å². The van der Waals surface area contributed by atoms with Crippen molar-refractivity contribution in [2.45, 2.75) is 25.3 Å². The number of halogens is 1. The minimum Gasteiger partial charge on any atom is -0.369 e. The molecule has 4 aromatic rings. The largest absolute Gasteiger partial charge is 0.369 e. The van der Waals surface area contributed by atoms with Crippen LogP contribution in [0.1, 0.15) is 18.4 Å². The van der Waals surface area contributed by atoms with E-state index in [-0.39, 0.29) is 11.8 Å². The van der Waals surface area contributed by atoms with Crippen LogP contribution in [0.25, 0.3) is 11.0 Å². The molecule has 232 valence electrons. The topological polar surface area (TPSA) is 113 Å². The summed E-state index contributed by atoms with van der Waals surface area (Å²) in [6.07, 6.45) is 5.71. The summed E-state index contributed by atoms with van der Waals surface area (Å²) in [5.74, 6) is 0.510. The van der Waals surface area contributed by atoms with E-state index in [0.29, 0.717) is 53.2 Å². The van der Waals surface area contributed by atoms with E-state index in [1.54, 1.807) is 6.20 Å². The molecule has 7 rings (SSSR count). The van der Waals surface area contributed by atoms with E-state index in [2.05, 4.69) is 42.3 Å². The van der Waals surface area contributed by atoms with Crippen molar-refractivity contribution in [2.75, 3.05) is 79.0 Å². The van der Waals surface area contributed by atoms with Crippen molar-refractivity contribution in [3.63, 3.8) is 0 Å². The van der Waals surface area contributed by atoms with Gasteiger partial charge in [0.25, 0.3) is 0 Å². The van der Waals surface area contributed by atoms with Gasteiger partial charge in [-0.2, -0.15) is 9.97 Å². The smallest absolute Gasteiger partial charge is 0.232 e. The number of hydrogen-bond donors (Lipinski definition) is 3. The first-order valence-electron chi connectivity index (χ1n) is 15.2. The van der Waals surface area contributed by atoms with Gasteiger partial charge in [-0.3, -0.25) is 9.21 Å². The molecule has 13 heteroatoms. The average molecular weight is 620 g/mol. The van der Waals surface area contributed by atoms with Crippen LogP contribution in [-0.2, 0) is 16.4 Å². The lowest BCUT2D eigenvalue weighted by molar-refractivity contribution is 0.0981. The number of benzene rings is 2. The molecule has 0 aliphatic carbocycles. The van der Waals surface area contributed by atoms with E-state index in [9.17, 15) is 8.42 Å². The minimum absolute atomic E-state index is 0.284.